The monoisotopic (exact) mass is 296 g/mol. The quantitative estimate of drug-likeness (QED) is 0.433. The standard InChI is InChI=1S/C15H20O6/c1-5-6-10-8-15(13(17)20-3,14(18)21-4)9-11(10)7-12(16)19-2/h5-6,11H,1,7-9H2,2-4H3/b10-6-. The predicted molar refractivity (Wildman–Crippen MR) is 74.1 cm³/mol. The summed E-state index contributed by atoms with van der Waals surface area (Å²) in [6.07, 6.45) is 3.67. The summed E-state index contributed by atoms with van der Waals surface area (Å²) < 4.78 is 14.2. The molecule has 0 saturated heterocycles. The van der Waals surface area contributed by atoms with E-state index in [9.17, 15) is 14.4 Å². The lowest BCUT2D eigenvalue weighted by Gasteiger charge is -2.22. The molecule has 0 aromatic heterocycles. The maximum Gasteiger partial charge on any atom is 0.323 e. The Balaban J connectivity index is 3.17. The molecule has 0 aromatic carbocycles. The van der Waals surface area contributed by atoms with E-state index >= 15 is 0 Å². The molecule has 0 spiro atoms. The fourth-order valence-electron chi connectivity index (χ4n) is 2.74. The van der Waals surface area contributed by atoms with Gasteiger partial charge in [-0.25, -0.2) is 0 Å². The van der Waals surface area contributed by atoms with Crippen molar-refractivity contribution in [1.29, 1.82) is 0 Å². The number of allylic oxidation sites excluding steroid dienone is 3. The van der Waals surface area contributed by atoms with Crippen LogP contribution in [0.5, 0.6) is 0 Å². The lowest BCUT2D eigenvalue weighted by atomic mass is 9.85. The fraction of sp³-hybridized carbons (Fsp3) is 0.533. The topological polar surface area (TPSA) is 78.9 Å². The van der Waals surface area contributed by atoms with Crippen molar-refractivity contribution in [2.24, 2.45) is 11.3 Å². The van der Waals surface area contributed by atoms with Crippen molar-refractivity contribution >= 4 is 17.9 Å². The van der Waals surface area contributed by atoms with Gasteiger partial charge in [0.05, 0.1) is 27.8 Å². The van der Waals surface area contributed by atoms with Gasteiger partial charge in [0.2, 0.25) is 0 Å². The molecule has 1 aliphatic carbocycles. The first-order valence-electron chi connectivity index (χ1n) is 6.50. The summed E-state index contributed by atoms with van der Waals surface area (Å²) in [5, 5.41) is 0. The van der Waals surface area contributed by atoms with Crippen molar-refractivity contribution in [3.63, 3.8) is 0 Å². The second-order valence-corrected chi connectivity index (χ2v) is 4.90. The van der Waals surface area contributed by atoms with Gasteiger partial charge >= 0.3 is 17.9 Å². The Kier molecular flexibility index (Phi) is 5.69. The highest BCUT2D eigenvalue weighted by molar-refractivity contribution is 6.01. The average Bonchev–Trinajstić information content (AvgIpc) is 2.85. The molecule has 1 atom stereocenters. The summed E-state index contributed by atoms with van der Waals surface area (Å²) in [5.41, 5.74) is -0.622. The van der Waals surface area contributed by atoms with Crippen LogP contribution < -0.4 is 0 Å². The van der Waals surface area contributed by atoms with Crippen molar-refractivity contribution in [2.75, 3.05) is 21.3 Å². The highest BCUT2D eigenvalue weighted by atomic mass is 16.5. The highest BCUT2D eigenvalue weighted by Crippen LogP contribution is 2.48. The molecule has 6 nitrogen and oxygen atoms in total. The summed E-state index contributed by atoms with van der Waals surface area (Å²) in [6.45, 7) is 3.61. The van der Waals surface area contributed by atoms with E-state index in [4.69, 9.17) is 9.47 Å². The van der Waals surface area contributed by atoms with Crippen molar-refractivity contribution in [3.05, 3.63) is 24.3 Å². The molecule has 0 aliphatic heterocycles. The van der Waals surface area contributed by atoms with Gasteiger partial charge < -0.3 is 14.2 Å². The minimum Gasteiger partial charge on any atom is -0.469 e. The van der Waals surface area contributed by atoms with Gasteiger partial charge in [-0.3, -0.25) is 14.4 Å². The average molecular weight is 296 g/mol. The van der Waals surface area contributed by atoms with Gasteiger partial charge in [0.1, 0.15) is 0 Å². The van der Waals surface area contributed by atoms with E-state index in [-0.39, 0.29) is 25.2 Å². The lowest BCUT2D eigenvalue weighted by molar-refractivity contribution is -0.169. The Morgan fingerprint density at radius 3 is 2.19 bits per heavy atom. The zero-order valence-corrected chi connectivity index (χ0v) is 12.5. The second kappa shape index (κ2) is 7.06. The van der Waals surface area contributed by atoms with Crippen molar-refractivity contribution in [2.45, 2.75) is 19.3 Å². The van der Waals surface area contributed by atoms with Gasteiger partial charge in [-0.05, 0) is 18.8 Å². The van der Waals surface area contributed by atoms with Crippen LogP contribution >= 0.6 is 0 Å². The summed E-state index contributed by atoms with van der Waals surface area (Å²) in [5.74, 6) is -2.00. The van der Waals surface area contributed by atoms with E-state index in [1.165, 1.54) is 21.3 Å². The third kappa shape index (κ3) is 3.32. The Hall–Kier alpha value is -2.11. The van der Waals surface area contributed by atoms with E-state index < -0.39 is 23.3 Å². The fourth-order valence-corrected chi connectivity index (χ4v) is 2.74. The van der Waals surface area contributed by atoms with Crippen LogP contribution in [0.15, 0.2) is 24.3 Å². The van der Waals surface area contributed by atoms with Crippen molar-refractivity contribution < 1.29 is 28.6 Å². The molecule has 1 unspecified atom stereocenters. The predicted octanol–water partition coefficient (Wildman–Crippen LogP) is 1.40. The molecule has 0 heterocycles. The van der Waals surface area contributed by atoms with Crippen LogP contribution in [0, 0.1) is 11.3 Å². The molecule has 1 saturated carbocycles. The van der Waals surface area contributed by atoms with Crippen LogP contribution in [0.2, 0.25) is 0 Å². The first-order valence-corrected chi connectivity index (χ1v) is 6.50. The largest absolute Gasteiger partial charge is 0.469 e. The molecule has 0 amide bonds. The third-order valence-corrected chi connectivity index (χ3v) is 3.75. The smallest absolute Gasteiger partial charge is 0.323 e. The van der Waals surface area contributed by atoms with E-state index in [0.29, 0.717) is 0 Å². The number of methoxy groups -OCH3 is 3. The Labute approximate surface area is 123 Å². The van der Waals surface area contributed by atoms with Crippen LogP contribution in [-0.4, -0.2) is 39.2 Å². The third-order valence-electron chi connectivity index (χ3n) is 3.75. The van der Waals surface area contributed by atoms with Crippen LogP contribution in [0.25, 0.3) is 0 Å². The molecule has 6 heteroatoms. The maximum absolute atomic E-state index is 12.1. The number of carbonyl (C=O) groups is 3. The molecule has 0 N–H and O–H groups in total. The Morgan fingerprint density at radius 2 is 1.76 bits per heavy atom. The van der Waals surface area contributed by atoms with Gasteiger partial charge in [0.15, 0.2) is 5.41 Å². The molecule has 21 heavy (non-hydrogen) atoms. The first-order chi connectivity index (χ1) is 9.94. The van der Waals surface area contributed by atoms with E-state index in [1.807, 2.05) is 0 Å². The minimum absolute atomic E-state index is 0.0892. The molecule has 0 bridgehead atoms. The molecule has 1 aliphatic rings. The van der Waals surface area contributed by atoms with Crippen molar-refractivity contribution in [1.82, 2.24) is 0 Å². The summed E-state index contributed by atoms with van der Waals surface area (Å²) >= 11 is 0. The summed E-state index contributed by atoms with van der Waals surface area (Å²) in [7, 11) is 3.73. The number of carbonyl (C=O) groups excluding carboxylic acids is 3. The second-order valence-electron chi connectivity index (χ2n) is 4.90. The van der Waals surface area contributed by atoms with Crippen LogP contribution in [-0.2, 0) is 28.6 Å². The van der Waals surface area contributed by atoms with Crippen LogP contribution in [0.1, 0.15) is 19.3 Å². The van der Waals surface area contributed by atoms with Crippen molar-refractivity contribution in [3.8, 4) is 0 Å². The maximum atomic E-state index is 12.1. The molecular weight excluding hydrogens is 276 g/mol. The number of rotatable bonds is 5. The zero-order valence-electron chi connectivity index (χ0n) is 12.5. The Bertz CT molecular complexity index is 461. The van der Waals surface area contributed by atoms with Gasteiger partial charge in [-0.2, -0.15) is 0 Å². The SMILES string of the molecule is C=C/C=C1/CC(C(=O)OC)(C(=O)OC)CC1CC(=O)OC. The number of hydrogen-bond donors (Lipinski definition) is 0. The van der Waals surface area contributed by atoms with E-state index in [1.54, 1.807) is 12.2 Å². The molecule has 1 fully saturated rings. The Morgan fingerprint density at radius 1 is 1.19 bits per heavy atom. The zero-order chi connectivity index (χ0) is 16.0. The number of esters is 3. The lowest BCUT2D eigenvalue weighted by Crippen LogP contribution is -2.39. The molecule has 1 rings (SSSR count). The van der Waals surface area contributed by atoms with E-state index in [0.717, 1.165) is 5.57 Å². The van der Waals surface area contributed by atoms with Gasteiger partial charge in [0, 0.05) is 0 Å². The highest BCUT2D eigenvalue weighted by Gasteiger charge is 2.55. The summed E-state index contributed by atoms with van der Waals surface area (Å²) in [6, 6.07) is 0. The summed E-state index contributed by atoms with van der Waals surface area (Å²) in [4.78, 5) is 35.7. The molecular formula is C15H20O6. The normalized spacial score (nSPS) is 21.7. The minimum atomic E-state index is -1.41. The first kappa shape index (κ1) is 16.9. The van der Waals surface area contributed by atoms with E-state index in [2.05, 4.69) is 11.3 Å². The van der Waals surface area contributed by atoms with Gasteiger partial charge in [0.25, 0.3) is 0 Å². The van der Waals surface area contributed by atoms with Crippen LogP contribution in [0.4, 0.5) is 0 Å². The molecule has 0 aromatic rings. The molecule has 0 radical (unpaired) electrons. The number of hydrogen-bond acceptors (Lipinski definition) is 6. The van der Waals surface area contributed by atoms with Gasteiger partial charge in [-0.15, -0.1) is 0 Å². The van der Waals surface area contributed by atoms with Gasteiger partial charge in [-0.1, -0.05) is 24.3 Å². The van der Waals surface area contributed by atoms with Crippen LogP contribution in [0.3, 0.4) is 0 Å². The molecule has 116 valence electrons. The number of ether oxygens (including phenoxy) is 3.